The van der Waals surface area contributed by atoms with Crippen LogP contribution in [-0.2, 0) is 9.59 Å². The lowest BCUT2D eigenvalue weighted by Crippen LogP contribution is -2.37. The van der Waals surface area contributed by atoms with Crippen molar-refractivity contribution < 1.29 is 19.4 Å². The summed E-state index contributed by atoms with van der Waals surface area (Å²) in [4.78, 5) is 24.4. The Labute approximate surface area is 137 Å². The molecule has 1 aliphatic rings. The van der Waals surface area contributed by atoms with Crippen LogP contribution in [0.15, 0.2) is 18.2 Å². The second kappa shape index (κ2) is 7.99. The van der Waals surface area contributed by atoms with Crippen molar-refractivity contribution in [3.8, 4) is 5.75 Å². The van der Waals surface area contributed by atoms with Gasteiger partial charge in [0, 0.05) is 12.5 Å². The fourth-order valence-corrected chi connectivity index (χ4v) is 2.52. The van der Waals surface area contributed by atoms with Crippen LogP contribution in [0.5, 0.6) is 5.75 Å². The molecule has 0 saturated heterocycles. The number of aryl methyl sites for hydroxylation is 2. The highest BCUT2D eigenvalue weighted by atomic mass is 16.5. The second-order valence-electron chi connectivity index (χ2n) is 6.22. The number of carboxylic acids is 1. The van der Waals surface area contributed by atoms with E-state index < -0.39 is 5.97 Å². The van der Waals surface area contributed by atoms with Crippen molar-refractivity contribution in [2.75, 3.05) is 13.2 Å². The summed E-state index contributed by atoms with van der Waals surface area (Å²) < 4.78 is 5.77. The number of rotatable bonds is 9. The SMILES string of the molecule is Cc1ccc(C)c(OCCCCC(=O)N(CC(=O)O)C2CC2)c1. The lowest BCUT2D eigenvalue weighted by atomic mass is 10.1. The number of amides is 1. The third-order valence-corrected chi connectivity index (χ3v) is 4.00. The van der Waals surface area contributed by atoms with Gasteiger partial charge in [0.2, 0.25) is 5.91 Å². The number of hydrogen-bond acceptors (Lipinski definition) is 3. The van der Waals surface area contributed by atoms with Crippen LogP contribution in [0.2, 0.25) is 0 Å². The van der Waals surface area contributed by atoms with Gasteiger partial charge >= 0.3 is 5.97 Å². The molecule has 1 fully saturated rings. The number of aliphatic carboxylic acids is 1. The van der Waals surface area contributed by atoms with Crippen molar-refractivity contribution in [1.82, 2.24) is 4.90 Å². The Kier molecular flexibility index (Phi) is 6.02. The van der Waals surface area contributed by atoms with Gasteiger partial charge in [0.15, 0.2) is 0 Å². The molecule has 23 heavy (non-hydrogen) atoms. The molecule has 0 bridgehead atoms. The van der Waals surface area contributed by atoms with Crippen LogP contribution in [0, 0.1) is 13.8 Å². The molecule has 0 atom stereocenters. The molecule has 1 aromatic carbocycles. The average molecular weight is 319 g/mol. The summed E-state index contributed by atoms with van der Waals surface area (Å²) in [5, 5.41) is 8.88. The van der Waals surface area contributed by atoms with E-state index in [1.165, 1.54) is 4.90 Å². The normalized spacial score (nSPS) is 13.7. The van der Waals surface area contributed by atoms with Gasteiger partial charge in [-0.15, -0.1) is 0 Å². The van der Waals surface area contributed by atoms with Gasteiger partial charge in [0.1, 0.15) is 12.3 Å². The third-order valence-electron chi connectivity index (χ3n) is 4.00. The van der Waals surface area contributed by atoms with Crippen molar-refractivity contribution >= 4 is 11.9 Å². The zero-order valence-electron chi connectivity index (χ0n) is 13.9. The Bertz CT molecular complexity index is 566. The van der Waals surface area contributed by atoms with Crippen LogP contribution < -0.4 is 4.74 Å². The Balaban J connectivity index is 1.69. The van der Waals surface area contributed by atoms with E-state index in [0.717, 1.165) is 36.1 Å². The summed E-state index contributed by atoms with van der Waals surface area (Å²) in [6.45, 7) is 4.43. The molecule has 126 valence electrons. The van der Waals surface area contributed by atoms with E-state index in [1.807, 2.05) is 26.0 Å². The first-order chi connectivity index (χ1) is 11.0. The van der Waals surface area contributed by atoms with E-state index in [9.17, 15) is 9.59 Å². The molecule has 1 aliphatic carbocycles. The minimum atomic E-state index is -0.941. The lowest BCUT2D eigenvalue weighted by Gasteiger charge is -2.20. The summed E-state index contributed by atoms with van der Waals surface area (Å²) in [6.07, 6.45) is 3.74. The molecule has 2 rings (SSSR count). The van der Waals surface area contributed by atoms with Gasteiger partial charge in [-0.1, -0.05) is 12.1 Å². The molecule has 1 aromatic rings. The highest BCUT2D eigenvalue weighted by Gasteiger charge is 2.33. The summed E-state index contributed by atoms with van der Waals surface area (Å²) >= 11 is 0. The fraction of sp³-hybridized carbons (Fsp3) is 0.556. The maximum atomic E-state index is 12.1. The zero-order chi connectivity index (χ0) is 16.8. The van der Waals surface area contributed by atoms with Crippen molar-refractivity contribution in [1.29, 1.82) is 0 Å². The molecular formula is C18H25NO4. The van der Waals surface area contributed by atoms with Gasteiger partial charge in [-0.3, -0.25) is 9.59 Å². The molecule has 0 unspecified atom stereocenters. The van der Waals surface area contributed by atoms with Crippen molar-refractivity contribution in [3.05, 3.63) is 29.3 Å². The maximum Gasteiger partial charge on any atom is 0.323 e. The number of nitrogens with zero attached hydrogens (tertiary/aromatic N) is 1. The molecule has 0 radical (unpaired) electrons. The van der Waals surface area contributed by atoms with Gasteiger partial charge in [-0.2, -0.15) is 0 Å². The standard InChI is InChI=1S/C18H25NO4/c1-13-6-7-14(2)16(11-13)23-10-4-3-5-17(20)19(12-18(21)22)15-8-9-15/h6-7,11,15H,3-5,8-10,12H2,1-2H3,(H,21,22). The molecule has 0 heterocycles. The smallest absolute Gasteiger partial charge is 0.323 e. The van der Waals surface area contributed by atoms with Gasteiger partial charge in [-0.05, 0) is 56.7 Å². The Morgan fingerprint density at radius 2 is 2.00 bits per heavy atom. The number of carboxylic acid groups (broad SMARTS) is 1. The molecule has 5 nitrogen and oxygen atoms in total. The molecule has 1 saturated carbocycles. The average Bonchev–Trinajstić information content (AvgIpc) is 3.32. The minimum absolute atomic E-state index is 0.0540. The largest absolute Gasteiger partial charge is 0.493 e. The molecule has 0 spiro atoms. The number of unbranched alkanes of at least 4 members (excludes halogenated alkanes) is 1. The fourth-order valence-electron chi connectivity index (χ4n) is 2.52. The molecule has 5 heteroatoms. The second-order valence-corrected chi connectivity index (χ2v) is 6.22. The quantitative estimate of drug-likeness (QED) is 0.711. The lowest BCUT2D eigenvalue weighted by molar-refractivity contribution is -0.145. The van der Waals surface area contributed by atoms with Gasteiger partial charge in [0.25, 0.3) is 0 Å². The first-order valence-electron chi connectivity index (χ1n) is 8.18. The van der Waals surface area contributed by atoms with Crippen LogP contribution in [-0.4, -0.2) is 41.1 Å². The summed E-state index contributed by atoms with van der Waals surface area (Å²) in [5.41, 5.74) is 2.27. The van der Waals surface area contributed by atoms with Crippen LogP contribution in [0.25, 0.3) is 0 Å². The minimum Gasteiger partial charge on any atom is -0.493 e. The first kappa shape index (κ1) is 17.3. The number of ether oxygens (including phenoxy) is 1. The van der Waals surface area contributed by atoms with E-state index in [4.69, 9.17) is 9.84 Å². The molecule has 0 aromatic heterocycles. The topological polar surface area (TPSA) is 66.8 Å². The van der Waals surface area contributed by atoms with Crippen molar-refractivity contribution in [3.63, 3.8) is 0 Å². The van der Waals surface area contributed by atoms with Gasteiger partial charge < -0.3 is 14.7 Å². The number of benzene rings is 1. The predicted molar refractivity (Wildman–Crippen MR) is 87.6 cm³/mol. The molecular weight excluding hydrogens is 294 g/mol. The highest BCUT2D eigenvalue weighted by Crippen LogP contribution is 2.27. The monoisotopic (exact) mass is 319 g/mol. The Morgan fingerprint density at radius 3 is 2.65 bits per heavy atom. The van der Waals surface area contributed by atoms with Crippen molar-refractivity contribution in [2.45, 2.75) is 52.0 Å². The van der Waals surface area contributed by atoms with E-state index >= 15 is 0 Å². The van der Waals surface area contributed by atoms with E-state index in [2.05, 4.69) is 6.07 Å². The van der Waals surface area contributed by atoms with E-state index in [1.54, 1.807) is 0 Å². The zero-order valence-corrected chi connectivity index (χ0v) is 13.9. The summed E-state index contributed by atoms with van der Waals surface area (Å²) in [5.74, 6) is -0.105. The number of hydrogen-bond donors (Lipinski definition) is 1. The van der Waals surface area contributed by atoms with Crippen LogP contribution in [0.4, 0.5) is 0 Å². The van der Waals surface area contributed by atoms with Gasteiger partial charge in [0.05, 0.1) is 6.61 Å². The third kappa shape index (κ3) is 5.58. The Morgan fingerprint density at radius 1 is 1.26 bits per heavy atom. The van der Waals surface area contributed by atoms with Gasteiger partial charge in [-0.25, -0.2) is 0 Å². The van der Waals surface area contributed by atoms with Crippen LogP contribution in [0.3, 0.4) is 0 Å². The summed E-state index contributed by atoms with van der Waals surface area (Å²) in [6, 6.07) is 6.25. The van der Waals surface area contributed by atoms with E-state index in [0.29, 0.717) is 19.4 Å². The predicted octanol–water partition coefficient (Wildman–Crippen LogP) is 2.93. The maximum absolute atomic E-state index is 12.1. The number of carbonyl (C=O) groups is 2. The summed E-state index contributed by atoms with van der Waals surface area (Å²) in [7, 11) is 0. The van der Waals surface area contributed by atoms with E-state index in [-0.39, 0.29) is 18.5 Å². The molecule has 1 amide bonds. The molecule has 1 N–H and O–H groups in total. The van der Waals surface area contributed by atoms with Crippen LogP contribution in [0.1, 0.15) is 43.2 Å². The van der Waals surface area contributed by atoms with Crippen LogP contribution >= 0.6 is 0 Å². The highest BCUT2D eigenvalue weighted by molar-refractivity contribution is 5.81. The molecule has 0 aliphatic heterocycles. The number of carbonyl (C=O) groups excluding carboxylic acids is 1. The van der Waals surface area contributed by atoms with Crippen molar-refractivity contribution in [2.24, 2.45) is 0 Å². The first-order valence-corrected chi connectivity index (χ1v) is 8.18. The Hall–Kier alpha value is -2.04.